The minimum absolute atomic E-state index is 0.370. The Labute approximate surface area is 114 Å². The maximum Gasteiger partial charge on any atom is 0.412 e. The fraction of sp³-hybridized carbons (Fsp3) is 0.417. The van der Waals surface area contributed by atoms with Crippen molar-refractivity contribution >= 4 is 22.0 Å². The van der Waals surface area contributed by atoms with Gasteiger partial charge in [0.1, 0.15) is 0 Å². The number of nitrogens with one attached hydrogen (secondary N) is 1. The van der Waals surface area contributed by atoms with Crippen molar-refractivity contribution in [3.63, 3.8) is 0 Å². The number of hydrogen-bond acceptors (Lipinski definition) is 4. The first-order chi connectivity index (χ1) is 8.41. The van der Waals surface area contributed by atoms with Crippen LogP contribution in [0.2, 0.25) is 0 Å². The molecule has 6 heteroatoms. The molecule has 0 fully saturated rings. The fourth-order valence-corrected chi connectivity index (χ4v) is 2.08. The van der Waals surface area contributed by atoms with Crippen LogP contribution < -0.4 is 14.8 Å². The zero-order valence-electron chi connectivity index (χ0n) is 10.4. The third kappa shape index (κ3) is 2.76. The zero-order valence-corrected chi connectivity index (χ0v) is 12.0. The molecule has 98 valence electrons. The number of carbonyl (C=O) groups is 1. The minimum atomic E-state index is -0.734. The largest absolute Gasteiger partial charge is 0.459 e. The molecular weight excluding hydrogens is 302 g/mol. The molecule has 0 saturated heterocycles. The molecule has 0 radical (unpaired) electrons. The first-order valence-corrected chi connectivity index (χ1v) is 6.25. The second kappa shape index (κ2) is 4.78. The van der Waals surface area contributed by atoms with E-state index in [2.05, 4.69) is 21.2 Å². The highest BCUT2D eigenvalue weighted by molar-refractivity contribution is 9.10. The first kappa shape index (κ1) is 13.2. The first-order valence-electron chi connectivity index (χ1n) is 5.46. The standard InChI is InChI=1S/C12H14BrNO4/c1-12(2)16-6-7-4-8(13)5-9(10(7)18-12)17-11(15)14-3/h4-5H,6H2,1-3H3,(H,14,15). The van der Waals surface area contributed by atoms with E-state index >= 15 is 0 Å². The zero-order chi connectivity index (χ0) is 13.3. The predicted octanol–water partition coefficient (Wildman–Crippen LogP) is 2.81. The second-order valence-corrected chi connectivity index (χ2v) is 5.24. The summed E-state index contributed by atoms with van der Waals surface area (Å²) >= 11 is 3.36. The molecule has 1 aliphatic rings. The molecule has 0 aliphatic carbocycles. The molecule has 18 heavy (non-hydrogen) atoms. The van der Waals surface area contributed by atoms with Crippen molar-refractivity contribution in [3.8, 4) is 11.5 Å². The van der Waals surface area contributed by atoms with E-state index in [9.17, 15) is 4.79 Å². The van der Waals surface area contributed by atoms with E-state index in [4.69, 9.17) is 14.2 Å². The minimum Gasteiger partial charge on any atom is -0.459 e. The van der Waals surface area contributed by atoms with Crippen molar-refractivity contribution < 1.29 is 19.0 Å². The number of carbonyl (C=O) groups excluding carboxylic acids is 1. The highest BCUT2D eigenvalue weighted by atomic mass is 79.9. The highest BCUT2D eigenvalue weighted by Crippen LogP contribution is 2.41. The SMILES string of the molecule is CNC(=O)Oc1cc(Br)cc2c1OC(C)(C)OC2. The Kier molecular flexibility index (Phi) is 3.49. The van der Waals surface area contributed by atoms with Crippen molar-refractivity contribution in [2.45, 2.75) is 26.2 Å². The van der Waals surface area contributed by atoms with Gasteiger partial charge in [0.2, 0.25) is 5.79 Å². The molecule has 0 aromatic heterocycles. The number of rotatable bonds is 1. The van der Waals surface area contributed by atoms with Gasteiger partial charge in [0.25, 0.3) is 0 Å². The summed E-state index contributed by atoms with van der Waals surface area (Å²) in [6.07, 6.45) is -0.539. The fourth-order valence-electron chi connectivity index (χ4n) is 1.60. The molecule has 0 spiro atoms. The summed E-state index contributed by atoms with van der Waals surface area (Å²) in [5.41, 5.74) is 0.836. The van der Waals surface area contributed by atoms with Crippen molar-refractivity contribution in [3.05, 3.63) is 22.2 Å². The van der Waals surface area contributed by atoms with Crippen molar-refractivity contribution in [1.82, 2.24) is 5.32 Å². The number of halogens is 1. The van der Waals surface area contributed by atoms with Gasteiger partial charge >= 0.3 is 6.09 Å². The van der Waals surface area contributed by atoms with Gasteiger partial charge in [0.15, 0.2) is 11.5 Å². The monoisotopic (exact) mass is 315 g/mol. The van der Waals surface area contributed by atoms with E-state index in [1.807, 2.05) is 19.9 Å². The maximum atomic E-state index is 11.3. The van der Waals surface area contributed by atoms with Crippen LogP contribution in [0.25, 0.3) is 0 Å². The van der Waals surface area contributed by atoms with E-state index in [-0.39, 0.29) is 0 Å². The van der Waals surface area contributed by atoms with Gasteiger partial charge in [-0.3, -0.25) is 0 Å². The summed E-state index contributed by atoms with van der Waals surface area (Å²) in [5, 5.41) is 2.40. The number of amides is 1. The number of hydrogen-bond donors (Lipinski definition) is 1. The smallest absolute Gasteiger partial charge is 0.412 e. The molecule has 0 unspecified atom stereocenters. The molecule has 0 bridgehead atoms. The maximum absolute atomic E-state index is 11.3. The third-order valence-electron chi connectivity index (χ3n) is 2.43. The predicted molar refractivity (Wildman–Crippen MR) is 68.7 cm³/mol. The Morgan fingerprint density at radius 3 is 2.89 bits per heavy atom. The Balaban J connectivity index is 2.40. The molecule has 1 N–H and O–H groups in total. The van der Waals surface area contributed by atoms with Crippen molar-refractivity contribution in [1.29, 1.82) is 0 Å². The van der Waals surface area contributed by atoms with Crippen LogP contribution >= 0.6 is 15.9 Å². The molecule has 0 saturated carbocycles. The van der Waals surface area contributed by atoms with Crippen LogP contribution in [0.5, 0.6) is 11.5 Å². The van der Waals surface area contributed by atoms with Gasteiger partial charge in [-0.15, -0.1) is 0 Å². The molecule has 2 rings (SSSR count). The third-order valence-corrected chi connectivity index (χ3v) is 2.88. The van der Waals surface area contributed by atoms with Crippen LogP contribution in [-0.2, 0) is 11.3 Å². The van der Waals surface area contributed by atoms with E-state index in [1.54, 1.807) is 6.07 Å². The lowest BCUT2D eigenvalue weighted by Gasteiger charge is -2.33. The summed E-state index contributed by atoms with van der Waals surface area (Å²) in [5.74, 6) is 0.176. The molecule has 1 aromatic rings. The van der Waals surface area contributed by atoms with Crippen molar-refractivity contribution in [2.24, 2.45) is 0 Å². The summed E-state index contributed by atoms with van der Waals surface area (Å²) in [6, 6.07) is 3.57. The normalized spacial score (nSPS) is 16.4. The quantitative estimate of drug-likeness (QED) is 0.865. The number of ether oxygens (including phenoxy) is 3. The average molecular weight is 316 g/mol. The lowest BCUT2D eigenvalue weighted by atomic mass is 10.1. The van der Waals surface area contributed by atoms with Crippen LogP contribution in [0.1, 0.15) is 19.4 Å². The van der Waals surface area contributed by atoms with E-state index in [0.29, 0.717) is 18.1 Å². The molecule has 5 nitrogen and oxygen atoms in total. The van der Waals surface area contributed by atoms with Gasteiger partial charge in [-0.2, -0.15) is 0 Å². The highest BCUT2D eigenvalue weighted by Gasteiger charge is 2.30. The topological polar surface area (TPSA) is 56.8 Å². The summed E-state index contributed by atoms with van der Waals surface area (Å²) < 4.78 is 17.2. The van der Waals surface area contributed by atoms with Crippen LogP contribution in [-0.4, -0.2) is 18.9 Å². The Morgan fingerprint density at radius 1 is 1.50 bits per heavy atom. The van der Waals surface area contributed by atoms with Crippen LogP contribution in [0, 0.1) is 0 Å². The van der Waals surface area contributed by atoms with E-state index in [0.717, 1.165) is 10.0 Å². The van der Waals surface area contributed by atoms with Gasteiger partial charge in [-0.1, -0.05) is 15.9 Å². The Hall–Kier alpha value is -1.27. The van der Waals surface area contributed by atoms with E-state index < -0.39 is 11.9 Å². The lowest BCUT2D eigenvalue weighted by molar-refractivity contribution is -0.180. The van der Waals surface area contributed by atoms with Crippen LogP contribution in [0.3, 0.4) is 0 Å². The second-order valence-electron chi connectivity index (χ2n) is 4.32. The Morgan fingerprint density at radius 2 is 2.22 bits per heavy atom. The summed E-state index contributed by atoms with van der Waals surface area (Å²) in [4.78, 5) is 11.3. The number of benzene rings is 1. The Bertz CT molecular complexity index is 487. The molecule has 1 aromatic carbocycles. The molecule has 1 heterocycles. The van der Waals surface area contributed by atoms with Gasteiger partial charge in [0, 0.05) is 30.9 Å². The molecule has 1 aliphatic heterocycles. The van der Waals surface area contributed by atoms with Gasteiger partial charge in [-0.25, -0.2) is 4.79 Å². The van der Waals surface area contributed by atoms with E-state index in [1.165, 1.54) is 7.05 Å². The summed E-state index contributed by atoms with van der Waals surface area (Å²) in [6.45, 7) is 4.02. The van der Waals surface area contributed by atoms with Crippen LogP contribution in [0.15, 0.2) is 16.6 Å². The van der Waals surface area contributed by atoms with Crippen LogP contribution in [0.4, 0.5) is 4.79 Å². The molecule has 0 atom stereocenters. The summed E-state index contributed by atoms with van der Waals surface area (Å²) in [7, 11) is 1.50. The van der Waals surface area contributed by atoms with Gasteiger partial charge in [0.05, 0.1) is 6.61 Å². The molecule has 1 amide bonds. The molecular formula is C12H14BrNO4. The van der Waals surface area contributed by atoms with Crippen molar-refractivity contribution in [2.75, 3.05) is 7.05 Å². The number of fused-ring (bicyclic) bond motifs is 1. The average Bonchev–Trinajstić information content (AvgIpc) is 2.29. The lowest BCUT2D eigenvalue weighted by Crippen LogP contribution is -2.35. The van der Waals surface area contributed by atoms with Gasteiger partial charge < -0.3 is 19.5 Å². The van der Waals surface area contributed by atoms with Gasteiger partial charge in [-0.05, 0) is 12.1 Å².